The predicted molar refractivity (Wildman–Crippen MR) is 125 cm³/mol. The van der Waals surface area contributed by atoms with E-state index < -0.39 is 9.04 Å². The molecule has 0 atom stereocenters. The van der Waals surface area contributed by atoms with Crippen LogP contribution < -0.4 is 10.4 Å². The van der Waals surface area contributed by atoms with Crippen LogP contribution in [0.25, 0.3) is 21.8 Å². The molecule has 4 aromatic carbocycles. The van der Waals surface area contributed by atoms with E-state index in [9.17, 15) is 0 Å². The van der Waals surface area contributed by atoms with Gasteiger partial charge in [-0.05, 0) is 22.5 Å². The third-order valence-electron chi connectivity index (χ3n) is 5.48. The molecule has 0 aliphatic carbocycles. The third kappa shape index (κ3) is 3.51. The monoisotopic (exact) mass is 393 g/mol. The lowest BCUT2D eigenvalue weighted by Crippen LogP contribution is -2.45. The molecular weight excluding hydrogens is 370 g/mol. The highest BCUT2D eigenvalue weighted by atomic mass is 28.3. The minimum atomic E-state index is -1.71. The zero-order valence-corrected chi connectivity index (χ0v) is 17.4. The number of para-hydroxylation sites is 2. The molecular formula is C26H23NOSi. The van der Waals surface area contributed by atoms with E-state index in [2.05, 4.69) is 114 Å². The van der Waals surface area contributed by atoms with Crippen LogP contribution >= 0.6 is 0 Å². The van der Waals surface area contributed by atoms with E-state index in [0.29, 0.717) is 6.61 Å². The normalized spacial score (nSPS) is 11.5. The van der Waals surface area contributed by atoms with Gasteiger partial charge in [-0.3, -0.25) is 0 Å². The summed E-state index contributed by atoms with van der Waals surface area (Å²) in [6, 6.07) is 38.6. The summed E-state index contributed by atoms with van der Waals surface area (Å²) in [6.07, 6.45) is 0. The second-order valence-corrected chi connectivity index (χ2v) is 9.68. The van der Waals surface area contributed by atoms with Crippen LogP contribution in [0.5, 0.6) is 0 Å². The number of aromatic nitrogens is 1. The summed E-state index contributed by atoms with van der Waals surface area (Å²) in [5.74, 6) is 0. The Morgan fingerprint density at radius 1 is 0.552 bits per heavy atom. The molecule has 1 aromatic heterocycles. The summed E-state index contributed by atoms with van der Waals surface area (Å²) in [5, 5.41) is 5.26. The Balaban J connectivity index is 1.45. The van der Waals surface area contributed by atoms with Crippen LogP contribution in [0, 0.1) is 0 Å². The van der Waals surface area contributed by atoms with Crippen LogP contribution in [-0.4, -0.2) is 20.2 Å². The highest BCUT2D eigenvalue weighted by Gasteiger charge is 2.18. The number of hydrogen-bond acceptors (Lipinski definition) is 1. The van der Waals surface area contributed by atoms with Gasteiger partial charge in [0, 0.05) is 28.4 Å². The fourth-order valence-electron chi connectivity index (χ4n) is 4.15. The van der Waals surface area contributed by atoms with Crippen LogP contribution in [0.3, 0.4) is 0 Å². The van der Waals surface area contributed by atoms with Gasteiger partial charge in [-0.25, -0.2) is 0 Å². The van der Waals surface area contributed by atoms with Gasteiger partial charge in [-0.2, -0.15) is 0 Å². The number of nitrogens with zero attached hydrogens (tertiary/aromatic N) is 1. The molecule has 2 nitrogen and oxygen atoms in total. The maximum absolute atomic E-state index is 6.60. The van der Waals surface area contributed by atoms with Crippen molar-refractivity contribution >= 4 is 41.2 Å². The summed E-state index contributed by atoms with van der Waals surface area (Å²) >= 11 is 0. The van der Waals surface area contributed by atoms with Crippen molar-refractivity contribution < 1.29 is 4.43 Å². The average molecular weight is 394 g/mol. The molecule has 0 aliphatic rings. The first-order valence-corrected chi connectivity index (χ1v) is 11.7. The van der Waals surface area contributed by atoms with Crippen molar-refractivity contribution in [2.75, 3.05) is 6.61 Å². The Bertz CT molecular complexity index is 1140. The highest BCUT2D eigenvalue weighted by molar-refractivity contribution is 6.80. The van der Waals surface area contributed by atoms with Crippen molar-refractivity contribution in [1.82, 2.24) is 4.57 Å². The van der Waals surface area contributed by atoms with Crippen molar-refractivity contribution in [3.63, 3.8) is 0 Å². The standard InChI is InChI=1S/C26H23NOSi/c1-3-11-21(12-4-1)29(22-13-5-2-6-14-22)28-20-19-27-25-17-9-7-15-23(25)24-16-8-10-18-26(24)27/h1-18,29H,19-20H2. The molecule has 29 heavy (non-hydrogen) atoms. The SMILES string of the molecule is c1ccc([SiH](OCCn2c3ccccc3c3ccccc32)c2ccccc2)cc1. The van der Waals surface area contributed by atoms with Crippen molar-refractivity contribution in [3.8, 4) is 0 Å². The topological polar surface area (TPSA) is 14.2 Å². The van der Waals surface area contributed by atoms with E-state index in [1.165, 1.54) is 32.2 Å². The lowest BCUT2D eigenvalue weighted by atomic mass is 10.2. The van der Waals surface area contributed by atoms with Crippen LogP contribution in [0.15, 0.2) is 109 Å². The van der Waals surface area contributed by atoms with E-state index in [1.54, 1.807) is 0 Å². The molecule has 0 saturated heterocycles. The number of rotatable bonds is 6. The second-order valence-electron chi connectivity index (χ2n) is 7.26. The lowest BCUT2D eigenvalue weighted by Gasteiger charge is -2.18. The minimum Gasteiger partial charge on any atom is -0.409 e. The molecule has 0 fully saturated rings. The Kier molecular flexibility index (Phi) is 4.99. The first-order chi connectivity index (χ1) is 14.4. The molecule has 5 aromatic rings. The molecule has 0 saturated carbocycles. The summed E-state index contributed by atoms with van der Waals surface area (Å²) in [4.78, 5) is 0. The Hall–Kier alpha value is -3.14. The zero-order chi connectivity index (χ0) is 19.5. The van der Waals surface area contributed by atoms with Gasteiger partial charge in [-0.1, -0.05) is 97.1 Å². The molecule has 5 rings (SSSR count). The largest absolute Gasteiger partial charge is 0.409 e. The minimum absolute atomic E-state index is 0.698. The van der Waals surface area contributed by atoms with Crippen LogP contribution in [0.4, 0.5) is 0 Å². The lowest BCUT2D eigenvalue weighted by molar-refractivity contribution is 0.316. The van der Waals surface area contributed by atoms with E-state index >= 15 is 0 Å². The summed E-state index contributed by atoms with van der Waals surface area (Å²) in [5.41, 5.74) is 2.55. The summed E-state index contributed by atoms with van der Waals surface area (Å²) in [6.45, 7) is 1.54. The second kappa shape index (κ2) is 8.07. The number of hydrogen-bond donors (Lipinski definition) is 0. The van der Waals surface area contributed by atoms with Crippen molar-refractivity contribution in [1.29, 1.82) is 0 Å². The van der Waals surface area contributed by atoms with E-state index in [-0.39, 0.29) is 0 Å². The van der Waals surface area contributed by atoms with Gasteiger partial charge in [0.15, 0.2) is 0 Å². The van der Waals surface area contributed by atoms with Gasteiger partial charge in [0.05, 0.1) is 6.61 Å². The van der Waals surface area contributed by atoms with Gasteiger partial charge in [0.2, 0.25) is 9.04 Å². The molecule has 0 amide bonds. The highest BCUT2D eigenvalue weighted by Crippen LogP contribution is 2.28. The Morgan fingerprint density at radius 3 is 1.52 bits per heavy atom. The van der Waals surface area contributed by atoms with Crippen molar-refractivity contribution in [3.05, 3.63) is 109 Å². The molecule has 142 valence electrons. The molecule has 0 unspecified atom stereocenters. The van der Waals surface area contributed by atoms with Gasteiger partial charge in [-0.15, -0.1) is 0 Å². The first kappa shape index (κ1) is 17.9. The van der Waals surface area contributed by atoms with E-state index in [1.807, 2.05) is 0 Å². The molecule has 0 bridgehead atoms. The molecule has 0 spiro atoms. The predicted octanol–water partition coefficient (Wildman–Crippen LogP) is 4.35. The van der Waals surface area contributed by atoms with Gasteiger partial charge in [0.1, 0.15) is 0 Å². The van der Waals surface area contributed by atoms with E-state index in [4.69, 9.17) is 4.43 Å². The first-order valence-electron chi connectivity index (χ1n) is 10.1. The third-order valence-corrected chi connectivity index (χ3v) is 8.03. The van der Waals surface area contributed by atoms with Crippen molar-refractivity contribution in [2.45, 2.75) is 6.54 Å². The smallest absolute Gasteiger partial charge is 0.239 e. The van der Waals surface area contributed by atoms with Crippen LogP contribution in [0.1, 0.15) is 0 Å². The molecule has 0 radical (unpaired) electrons. The molecule has 0 aliphatic heterocycles. The molecule has 1 heterocycles. The quantitative estimate of drug-likeness (QED) is 0.391. The summed E-state index contributed by atoms with van der Waals surface area (Å²) in [7, 11) is -1.71. The molecule has 0 N–H and O–H groups in total. The maximum Gasteiger partial charge on any atom is 0.239 e. The van der Waals surface area contributed by atoms with Crippen LogP contribution in [-0.2, 0) is 11.0 Å². The average Bonchev–Trinajstić information content (AvgIpc) is 3.12. The van der Waals surface area contributed by atoms with Gasteiger partial charge >= 0.3 is 0 Å². The number of benzene rings is 4. The van der Waals surface area contributed by atoms with Gasteiger partial charge < -0.3 is 8.99 Å². The molecule has 3 heteroatoms. The van der Waals surface area contributed by atoms with E-state index in [0.717, 1.165) is 6.54 Å². The summed E-state index contributed by atoms with van der Waals surface area (Å²) < 4.78 is 9.00. The zero-order valence-electron chi connectivity index (χ0n) is 16.2. The van der Waals surface area contributed by atoms with Gasteiger partial charge in [0.25, 0.3) is 0 Å². The fourth-order valence-corrected chi connectivity index (χ4v) is 6.40. The Labute approximate surface area is 172 Å². The van der Waals surface area contributed by atoms with Crippen molar-refractivity contribution in [2.24, 2.45) is 0 Å². The number of fused-ring (bicyclic) bond motifs is 3. The van der Waals surface area contributed by atoms with Crippen LogP contribution in [0.2, 0.25) is 0 Å². The Morgan fingerprint density at radius 2 is 1.00 bits per heavy atom. The fraction of sp³-hybridized carbons (Fsp3) is 0.0769. The maximum atomic E-state index is 6.60.